The van der Waals surface area contributed by atoms with Crippen molar-refractivity contribution in [2.24, 2.45) is 0 Å². The molecule has 2 aromatic rings. The third kappa shape index (κ3) is 6.08. The molecule has 3 heterocycles. The van der Waals surface area contributed by atoms with Crippen molar-refractivity contribution in [3.63, 3.8) is 0 Å². The normalized spacial score (nSPS) is 20.4. The first-order valence-electron chi connectivity index (χ1n) is 11.3. The number of hydrogen-bond donors (Lipinski definition) is 2. The Balaban J connectivity index is 1.21. The molecule has 0 spiro atoms. The van der Waals surface area contributed by atoms with E-state index < -0.39 is 0 Å². The number of carbonyl (C=O) groups is 2. The molecule has 2 aliphatic heterocycles. The van der Waals surface area contributed by atoms with E-state index in [1.807, 2.05) is 27.8 Å². The van der Waals surface area contributed by atoms with Gasteiger partial charge in [-0.3, -0.25) is 9.69 Å². The lowest BCUT2D eigenvalue weighted by Crippen LogP contribution is -2.52. The number of rotatable bonds is 6. The summed E-state index contributed by atoms with van der Waals surface area (Å²) in [7, 11) is 0. The highest BCUT2D eigenvalue weighted by molar-refractivity contribution is 7.08. The number of likely N-dealkylation sites (tertiary alicyclic amines) is 2. The first-order chi connectivity index (χ1) is 15.2. The summed E-state index contributed by atoms with van der Waals surface area (Å²) < 4.78 is 0. The highest BCUT2D eigenvalue weighted by atomic mass is 32.1. The van der Waals surface area contributed by atoms with Crippen LogP contribution in [0.1, 0.15) is 48.0 Å². The van der Waals surface area contributed by atoms with Gasteiger partial charge in [-0.15, -0.1) is 0 Å². The van der Waals surface area contributed by atoms with Crippen LogP contribution in [0.5, 0.6) is 0 Å². The van der Waals surface area contributed by atoms with Gasteiger partial charge in [-0.1, -0.05) is 36.8 Å². The number of urea groups is 1. The number of carbonyl (C=O) groups excluding carboxylic acids is 2. The molecule has 7 heteroatoms. The second-order valence-electron chi connectivity index (χ2n) is 8.54. The molecule has 2 N–H and O–H groups in total. The summed E-state index contributed by atoms with van der Waals surface area (Å²) in [5.74, 6) is -0.0139. The molecule has 1 atom stereocenters. The molecule has 31 heavy (non-hydrogen) atoms. The maximum atomic E-state index is 12.7. The standard InChI is InChI=1S/C24H32N4O2S/c29-23(20-11-15-31-18-20)26-21-9-13-27(14-10-21)24(30)25-16-22-8-4-5-12-28(22)17-19-6-2-1-3-7-19/h1-3,6-7,11,15,18,21-22H,4-5,8-10,12-14,16-17H2,(H,25,30)(H,26,29). The maximum Gasteiger partial charge on any atom is 0.317 e. The van der Waals surface area contributed by atoms with E-state index in [-0.39, 0.29) is 18.0 Å². The number of nitrogens with one attached hydrogen (secondary N) is 2. The first-order valence-corrected chi connectivity index (χ1v) is 12.3. The molecular weight excluding hydrogens is 408 g/mol. The zero-order valence-electron chi connectivity index (χ0n) is 18.0. The molecule has 1 unspecified atom stereocenters. The predicted octanol–water partition coefficient (Wildman–Crippen LogP) is 3.71. The van der Waals surface area contributed by atoms with Crippen molar-refractivity contribution in [3.8, 4) is 0 Å². The van der Waals surface area contributed by atoms with Crippen LogP contribution < -0.4 is 10.6 Å². The van der Waals surface area contributed by atoms with Crippen molar-refractivity contribution in [3.05, 3.63) is 58.3 Å². The lowest BCUT2D eigenvalue weighted by Gasteiger charge is -2.37. The second kappa shape index (κ2) is 10.8. The quantitative estimate of drug-likeness (QED) is 0.720. The Kier molecular flexibility index (Phi) is 7.59. The molecule has 4 rings (SSSR count). The summed E-state index contributed by atoms with van der Waals surface area (Å²) in [6.45, 7) is 4.08. The van der Waals surface area contributed by atoms with Crippen molar-refractivity contribution in [1.29, 1.82) is 0 Å². The van der Waals surface area contributed by atoms with Gasteiger partial charge in [0.2, 0.25) is 0 Å². The molecule has 0 saturated carbocycles. The van der Waals surface area contributed by atoms with E-state index in [0.29, 0.717) is 25.7 Å². The Bertz CT molecular complexity index is 835. The average molecular weight is 441 g/mol. The third-order valence-corrected chi connectivity index (χ3v) is 7.05. The van der Waals surface area contributed by atoms with E-state index in [1.54, 1.807) is 0 Å². The first kappa shape index (κ1) is 21.8. The van der Waals surface area contributed by atoms with E-state index >= 15 is 0 Å². The molecule has 6 nitrogen and oxygen atoms in total. The fraction of sp³-hybridized carbons (Fsp3) is 0.500. The van der Waals surface area contributed by atoms with Crippen molar-refractivity contribution in [1.82, 2.24) is 20.4 Å². The molecule has 2 saturated heterocycles. The molecule has 2 aliphatic rings. The van der Waals surface area contributed by atoms with Gasteiger partial charge in [-0.25, -0.2) is 4.79 Å². The number of thiophene rings is 1. The summed E-state index contributed by atoms with van der Waals surface area (Å²) in [6.07, 6.45) is 5.17. The Hall–Kier alpha value is -2.38. The Morgan fingerprint density at radius 3 is 2.55 bits per heavy atom. The second-order valence-corrected chi connectivity index (χ2v) is 9.32. The van der Waals surface area contributed by atoms with Crippen LogP contribution in [0.25, 0.3) is 0 Å². The van der Waals surface area contributed by atoms with Crippen LogP contribution in [0.4, 0.5) is 4.79 Å². The monoisotopic (exact) mass is 440 g/mol. The molecule has 0 bridgehead atoms. The number of nitrogens with zero attached hydrogens (tertiary/aromatic N) is 2. The van der Waals surface area contributed by atoms with Crippen LogP contribution in [0.15, 0.2) is 47.2 Å². The summed E-state index contributed by atoms with van der Waals surface area (Å²) in [4.78, 5) is 29.4. The van der Waals surface area contributed by atoms with Gasteiger partial charge >= 0.3 is 6.03 Å². The lowest BCUT2D eigenvalue weighted by atomic mass is 10.0. The van der Waals surface area contributed by atoms with Gasteiger partial charge in [0.15, 0.2) is 0 Å². The number of hydrogen-bond acceptors (Lipinski definition) is 4. The summed E-state index contributed by atoms with van der Waals surface area (Å²) >= 11 is 1.53. The largest absolute Gasteiger partial charge is 0.349 e. The number of benzene rings is 1. The van der Waals surface area contributed by atoms with Crippen molar-refractivity contribution < 1.29 is 9.59 Å². The van der Waals surface area contributed by atoms with Crippen LogP contribution in [0.2, 0.25) is 0 Å². The number of piperidine rings is 2. The van der Waals surface area contributed by atoms with Crippen LogP contribution in [0.3, 0.4) is 0 Å². The Labute approximate surface area is 188 Å². The summed E-state index contributed by atoms with van der Waals surface area (Å²) in [5, 5.41) is 10.0. The van der Waals surface area contributed by atoms with Crippen molar-refractivity contribution in [2.45, 2.75) is 50.7 Å². The average Bonchev–Trinajstić information content (AvgIpc) is 3.35. The van der Waals surface area contributed by atoms with Crippen LogP contribution in [-0.2, 0) is 6.54 Å². The van der Waals surface area contributed by atoms with Crippen LogP contribution >= 0.6 is 11.3 Å². The van der Waals surface area contributed by atoms with E-state index in [2.05, 4.69) is 39.8 Å². The summed E-state index contributed by atoms with van der Waals surface area (Å²) in [5.41, 5.74) is 2.05. The van der Waals surface area contributed by atoms with Gasteiger partial charge in [0, 0.05) is 49.2 Å². The number of amides is 3. The predicted molar refractivity (Wildman–Crippen MR) is 124 cm³/mol. The van der Waals surface area contributed by atoms with Gasteiger partial charge in [-0.2, -0.15) is 11.3 Å². The fourth-order valence-corrected chi connectivity index (χ4v) is 5.16. The molecule has 0 radical (unpaired) electrons. The zero-order valence-corrected chi connectivity index (χ0v) is 18.8. The molecule has 1 aromatic carbocycles. The third-order valence-electron chi connectivity index (χ3n) is 6.37. The molecular formula is C24H32N4O2S. The van der Waals surface area contributed by atoms with Crippen LogP contribution in [0, 0.1) is 0 Å². The highest BCUT2D eigenvalue weighted by Gasteiger charge is 2.26. The zero-order chi connectivity index (χ0) is 21.5. The van der Waals surface area contributed by atoms with Crippen molar-refractivity contribution >= 4 is 23.3 Å². The van der Waals surface area contributed by atoms with Gasteiger partial charge in [0.1, 0.15) is 0 Å². The van der Waals surface area contributed by atoms with E-state index in [4.69, 9.17) is 0 Å². The minimum Gasteiger partial charge on any atom is -0.349 e. The Morgan fingerprint density at radius 2 is 1.81 bits per heavy atom. The van der Waals surface area contributed by atoms with E-state index in [0.717, 1.165) is 37.9 Å². The minimum atomic E-state index is -0.0139. The molecule has 3 amide bonds. The Morgan fingerprint density at radius 1 is 1.00 bits per heavy atom. The van der Waals surface area contributed by atoms with Gasteiger partial charge in [0.05, 0.1) is 0 Å². The van der Waals surface area contributed by atoms with E-state index in [9.17, 15) is 9.59 Å². The molecule has 2 fully saturated rings. The SMILES string of the molecule is O=C(NC1CCN(C(=O)NCC2CCCCN2Cc2ccccc2)CC1)c1ccsc1. The van der Waals surface area contributed by atoms with Gasteiger partial charge in [0.25, 0.3) is 5.91 Å². The van der Waals surface area contributed by atoms with E-state index in [1.165, 1.54) is 29.7 Å². The van der Waals surface area contributed by atoms with Gasteiger partial charge < -0.3 is 15.5 Å². The van der Waals surface area contributed by atoms with Crippen molar-refractivity contribution in [2.75, 3.05) is 26.2 Å². The van der Waals surface area contributed by atoms with Crippen LogP contribution in [-0.4, -0.2) is 60.0 Å². The fourth-order valence-electron chi connectivity index (χ4n) is 4.52. The maximum absolute atomic E-state index is 12.7. The topological polar surface area (TPSA) is 64.7 Å². The lowest BCUT2D eigenvalue weighted by molar-refractivity contribution is 0.0917. The minimum absolute atomic E-state index is 0.0139. The molecule has 166 valence electrons. The molecule has 1 aromatic heterocycles. The van der Waals surface area contributed by atoms with Gasteiger partial charge in [-0.05, 0) is 49.2 Å². The summed E-state index contributed by atoms with van der Waals surface area (Å²) in [6, 6.07) is 13.0. The smallest absolute Gasteiger partial charge is 0.317 e. The highest BCUT2D eigenvalue weighted by Crippen LogP contribution is 2.19. The molecule has 0 aliphatic carbocycles.